The number of para-hydroxylation sites is 1. The lowest BCUT2D eigenvalue weighted by atomic mass is 10.3. The van der Waals surface area contributed by atoms with Gasteiger partial charge in [-0.2, -0.15) is 4.98 Å². The van der Waals surface area contributed by atoms with E-state index in [1.54, 1.807) is 24.3 Å². The van der Waals surface area contributed by atoms with Gasteiger partial charge in [0, 0.05) is 14.1 Å². The first kappa shape index (κ1) is 23.4. The lowest BCUT2D eigenvalue weighted by Crippen LogP contribution is -2.38. The molecule has 0 radical (unpaired) electrons. The standard InChI is InChI=1S/C20H20N8O7/c1-26-14-13(17(32)27(2)20(26)34)28(8-10(29)9-35-11-6-4-3-5-7-11)18(21-14)25-24-12-15(30)22-19(33)23-16(12)31/h3-7,10,29H,8-9H2,1-2H3,(H3,22,23,30,31,33)/t10-/m1/s1. The number of nitrogens with zero attached hydrogens (tertiary/aromatic N) is 6. The molecular formula is C20H20N8O7. The molecule has 1 atom stereocenters. The van der Waals surface area contributed by atoms with E-state index in [4.69, 9.17) is 4.74 Å². The molecule has 0 saturated carbocycles. The predicted octanol–water partition coefficient (Wildman–Crippen LogP) is -0.629. The van der Waals surface area contributed by atoms with E-state index < -0.39 is 40.2 Å². The monoisotopic (exact) mass is 484 g/mol. The van der Waals surface area contributed by atoms with Gasteiger partial charge in [-0.1, -0.05) is 18.2 Å². The zero-order valence-corrected chi connectivity index (χ0v) is 18.5. The van der Waals surface area contributed by atoms with Crippen molar-refractivity contribution < 1.29 is 14.9 Å². The summed E-state index contributed by atoms with van der Waals surface area (Å²) in [5, 5.41) is 27.9. The summed E-state index contributed by atoms with van der Waals surface area (Å²) in [5.74, 6) is -0.556. The van der Waals surface area contributed by atoms with Crippen LogP contribution in [0.1, 0.15) is 0 Å². The van der Waals surface area contributed by atoms with E-state index >= 15 is 0 Å². The number of aromatic hydroxyl groups is 1. The highest BCUT2D eigenvalue weighted by atomic mass is 16.5. The van der Waals surface area contributed by atoms with Crippen molar-refractivity contribution in [3.8, 4) is 11.6 Å². The molecule has 15 nitrogen and oxygen atoms in total. The Labute approximate surface area is 194 Å². The molecule has 3 aromatic heterocycles. The fourth-order valence-corrected chi connectivity index (χ4v) is 3.31. The van der Waals surface area contributed by atoms with Crippen molar-refractivity contribution in [2.75, 3.05) is 6.61 Å². The zero-order chi connectivity index (χ0) is 25.3. The van der Waals surface area contributed by atoms with E-state index in [1.165, 1.54) is 18.7 Å². The Morgan fingerprint density at radius 3 is 2.46 bits per heavy atom. The molecule has 0 aliphatic rings. The zero-order valence-electron chi connectivity index (χ0n) is 18.5. The summed E-state index contributed by atoms with van der Waals surface area (Å²) in [7, 11) is 2.69. The van der Waals surface area contributed by atoms with Crippen LogP contribution in [0.15, 0.2) is 59.7 Å². The maximum atomic E-state index is 12.9. The first-order chi connectivity index (χ1) is 16.7. The van der Waals surface area contributed by atoms with Crippen LogP contribution in [0.5, 0.6) is 11.6 Å². The van der Waals surface area contributed by atoms with Crippen LogP contribution in [-0.4, -0.2) is 51.6 Å². The van der Waals surface area contributed by atoms with Gasteiger partial charge in [0.25, 0.3) is 17.1 Å². The van der Waals surface area contributed by atoms with Gasteiger partial charge in [0.05, 0.1) is 6.54 Å². The third-order valence-corrected chi connectivity index (χ3v) is 5.04. The summed E-state index contributed by atoms with van der Waals surface area (Å²) in [5.41, 5.74) is -4.00. The number of hydrogen-bond donors (Lipinski definition) is 4. The van der Waals surface area contributed by atoms with E-state index in [0.29, 0.717) is 5.75 Å². The van der Waals surface area contributed by atoms with E-state index in [9.17, 15) is 29.4 Å². The number of ether oxygens (including phenoxy) is 1. The summed E-state index contributed by atoms with van der Waals surface area (Å²) in [6.07, 6.45) is -1.15. The van der Waals surface area contributed by atoms with Crippen molar-refractivity contribution in [3.63, 3.8) is 0 Å². The van der Waals surface area contributed by atoms with Crippen molar-refractivity contribution in [1.29, 1.82) is 0 Å². The predicted molar refractivity (Wildman–Crippen MR) is 122 cm³/mol. The number of azo groups is 1. The second-order valence-electron chi connectivity index (χ2n) is 7.48. The number of rotatable bonds is 7. The maximum absolute atomic E-state index is 12.9. The number of nitrogens with one attached hydrogen (secondary N) is 2. The third-order valence-electron chi connectivity index (χ3n) is 5.04. The number of aliphatic hydroxyl groups is 1. The van der Waals surface area contributed by atoms with Gasteiger partial charge in [0.2, 0.25) is 11.6 Å². The molecule has 182 valence electrons. The lowest BCUT2D eigenvalue weighted by Gasteiger charge is -2.14. The third kappa shape index (κ3) is 4.51. The van der Waals surface area contributed by atoms with Crippen molar-refractivity contribution in [1.82, 2.24) is 28.7 Å². The fourth-order valence-electron chi connectivity index (χ4n) is 3.31. The molecule has 15 heteroatoms. The van der Waals surface area contributed by atoms with Gasteiger partial charge >= 0.3 is 11.4 Å². The second kappa shape index (κ2) is 9.22. The fraction of sp³-hybridized carbons (Fsp3) is 0.250. The normalized spacial score (nSPS) is 12.4. The molecule has 0 amide bonds. The van der Waals surface area contributed by atoms with E-state index in [0.717, 1.165) is 9.13 Å². The molecular weight excluding hydrogens is 464 g/mol. The van der Waals surface area contributed by atoms with Gasteiger partial charge in [-0.05, 0) is 12.1 Å². The number of aromatic amines is 2. The molecule has 35 heavy (non-hydrogen) atoms. The molecule has 0 aliphatic carbocycles. The van der Waals surface area contributed by atoms with Crippen LogP contribution in [0.3, 0.4) is 0 Å². The Bertz CT molecular complexity index is 1660. The van der Waals surface area contributed by atoms with Crippen LogP contribution in [0.4, 0.5) is 11.6 Å². The average molecular weight is 484 g/mol. The lowest BCUT2D eigenvalue weighted by molar-refractivity contribution is 0.0937. The average Bonchev–Trinajstić information content (AvgIpc) is 3.18. The molecule has 0 unspecified atom stereocenters. The molecule has 0 saturated heterocycles. The van der Waals surface area contributed by atoms with E-state index in [1.807, 2.05) is 16.0 Å². The van der Waals surface area contributed by atoms with Crippen LogP contribution >= 0.6 is 0 Å². The first-order valence-electron chi connectivity index (χ1n) is 10.2. The minimum atomic E-state index is -1.15. The number of H-pyrrole nitrogens is 2. The van der Waals surface area contributed by atoms with Crippen LogP contribution in [0.25, 0.3) is 11.2 Å². The first-order valence-corrected chi connectivity index (χ1v) is 10.2. The highest BCUT2D eigenvalue weighted by Gasteiger charge is 2.22. The smallest absolute Gasteiger partial charge is 0.332 e. The minimum Gasteiger partial charge on any atom is -0.493 e. The van der Waals surface area contributed by atoms with Crippen LogP contribution in [-0.2, 0) is 20.6 Å². The van der Waals surface area contributed by atoms with Gasteiger partial charge in [-0.25, -0.2) is 9.59 Å². The summed E-state index contributed by atoms with van der Waals surface area (Å²) >= 11 is 0. The van der Waals surface area contributed by atoms with Gasteiger partial charge in [0.15, 0.2) is 11.2 Å². The molecule has 0 spiro atoms. The molecule has 3 heterocycles. The topological polar surface area (TPSA) is 202 Å². The van der Waals surface area contributed by atoms with Crippen molar-refractivity contribution in [2.45, 2.75) is 12.6 Å². The number of aryl methyl sites for hydroxylation is 1. The maximum Gasteiger partial charge on any atom is 0.332 e. The Kier molecular flexibility index (Phi) is 6.16. The molecule has 4 aromatic rings. The highest BCUT2D eigenvalue weighted by molar-refractivity contribution is 5.73. The number of imidazole rings is 1. The minimum absolute atomic E-state index is 0.0390. The van der Waals surface area contributed by atoms with Crippen molar-refractivity contribution >= 4 is 22.8 Å². The SMILES string of the molecule is Cn1c(=O)c2c(nc(N=Nc3c(O)[nH]c(=O)[nH]c3=O)n2C[C@@H](O)COc2ccccc2)n(C)c1=O. The Hall–Kier alpha value is -4.79. The second-order valence-corrected chi connectivity index (χ2v) is 7.48. The quantitative estimate of drug-likeness (QED) is 0.248. The van der Waals surface area contributed by atoms with Gasteiger partial charge in [-0.3, -0.25) is 33.3 Å². The van der Waals surface area contributed by atoms with Crippen molar-refractivity contribution in [2.24, 2.45) is 24.3 Å². The highest BCUT2D eigenvalue weighted by Crippen LogP contribution is 2.23. The summed E-state index contributed by atoms with van der Waals surface area (Å²) in [6.45, 7) is -0.383. The summed E-state index contributed by atoms with van der Waals surface area (Å²) in [6, 6.07) is 8.75. The Balaban J connectivity index is 1.79. The molecule has 0 fully saturated rings. The van der Waals surface area contributed by atoms with Crippen LogP contribution in [0, 0.1) is 0 Å². The number of hydrogen-bond acceptors (Lipinski definition) is 10. The number of fused-ring (bicyclic) bond motifs is 1. The van der Waals surface area contributed by atoms with Crippen LogP contribution in [0.2, 0.25) is 0 Å². The van der Waals surface area contributed by atoms with Crippen LogP contribution < -0.4 is 27.2 Å². The van der Waals surface area contributed by atoms with E-state index in [2.05, 4.69) is 15.2 Å². The summed E-state index contributed by atoms with van der Waals surface area (Å²) < 4.78 is 8.75. The molecule has 4 N–H and O–H groups in total. The Morgan fingerprint density at radius 1 is 1.06 bits per heavy atom. The summed E-state index contributed by atoms with van der Waals surface area (Å²) in [4.78, 5) is 56.5. The largest absolute Gasteiger partial charge is 0.493 e. The number of aliphatic hydroxyl groups excluding tert-OH is 1. The van der Waals surface area contributed by atoms with Gasteiger partial charge in [0.1, 0.15) is 18.5 Å². The van der Waals surface area contributed by atoms with Gasteiger partial charge < -0.3 is 14.9 Å². The van der Waals surface area contributed by atoms with Gasteiger partial charge in [-0.15, -0.1) is 10.2 Å². The Morgan fingerprint density at radius 2 is 1.77 bits per heavy atom. The molecule has 1 aromatic carbocycles. The van der Waals surface area contributed by atoms with Crippen molar-refractivity contribution in [3.05, 3.63) is 72.0 Å². The molecule has 0 bridgehead atoms. The molecule has 0 aliphatic heterocycles. The molecule has 4 rings (SSSR count). The number of aromatic nitrogens is 6. The van der Waals surface area contributed by atoms with E-state index in [-0.39, 0.29) is 30.3 Å². The number of benzene rings is 1.